The molecule has 0 aliphatic heterocycles. The number of nitrogens with two attached hydrogens (primary N) is 1. The van der Waals surface area contributed by atoms with Crippen LogP contribution in [-0.2, 0) is 5.41 Å². The van der Waals surface area contributed by atoms with Crippen LogP contribution in [0.2, 0.25) is 0 Å². The number of nitrogen functional groups attached to an aromatic ring is 1. The lowest BCUT2D eigenvalue weighted by Gasteiger charge is -2.27. The zero-order valence-electron chi connectivity index (χ0n) is 11.7. The summed E-state index contributed by atoms with van der Waals surface area (Å²) < 4.78 is 1.38. The van der Waals surface area contributed by atoms with E-state index in [4.69, 9.17) is 5.73 Å². The summed E-state index contributed by atoms with van der Waals surface area (Å²) in [6.07, 6.45) is 3.88. The van der Waals surface area contributed by atoms with Gasteiger partial charge in [-0.05, 0) is 25.3 Å². The molecule has 1 aliphatic carbocycles. The van der Waals surface area contributed by atoms with Gasteiger partial charge in [0.2, 0.25) is 0 Å². The fourth-order valence-electron chi connectivity index (χ4n) is 3.25. The Kier molecular flexibility index (Phi) is 3.08. The Morgan fingerprint density at radius 3 is 2.45 bits per heavy atom. The first-order valence-electron chi connectivity index (χ1n) is 7.06. The van der Waals surface area contributed by atoms with Gasteiger partial charge in [-0.3, -0.25) is 4.79 Å². The van der Waals surface area contributed by atoms with Gasteiger partial charge in [0.15, 0.2) is 0 Å². The number of aromatic nitrogens is 2. The van der Waals surface area contributed by atoms with Gasteiger partial charge in [-0.1, -0.05) is 43.2 Å². The van der Waals surface area contributed by atoms with E-state index >= 15 is 0 Å². The minimum absolute atomic E-state index is 0.00630. The van der Waals surface area contributed by atoms with Crippen molar-refractivity contribution in [1.29, 1.82) is 0 Å². The molecule has 1 aliphatic rings. The van der Waals surface area contributed by atoms with Gasteiger partial charge in [0.1, 0.15) is 5.82 Å². The molecule has 0 amide bonds. The lowest BCUT2D eigenvalue weighted by molar-refractivity contribution is 0.0782. The van der Waals surface area contributed by atoms with Crippen molar-refractivity contribution < 1.29 is 4.79 Å². The smallest absolute Gasteiger partial charge is 0.259 e. The third-order valence-corrected chi connectivity index (χ3v) is 4.24. The molecular formula is C16H19N3O. The van der Waals surface area contributed by atoms with Crippen molar-refractivity contribution in [3.8, 4) is 0 Å². The number of anilines is 1. The molecule has 1 heterocycles. The van der Waals surface area contributed by atoms with Crippen LogP contribution in [0.15, 0.2) is 36.4 Å². The molecule has 0 atom stereocenters. The van der Waals surface area contributed by atoms with Gasteiger partial charge < -0.3 is 5.73 Å². The van der Waals surface area contributed by atoms with Crippen molar-refractivity contribution in [3.63, 3.8) is 0 Å². The van der Waals surface area contributed by atoms with E-state index in [-0.39, 0.29) is 5.91 Å². The van der Waals surface area contributed by atoms with Crippen LogP contribution in [-0.4, -0.2) is 15.7 Å². The Morgan fingerprint density at radius 1 is 1.25 bits per heavy atom. The van der Waals surface area contributed by atoms with Crippen molar-refractivity contribution in [1.82, 2.24) is 9.78 Å². The van der Waals surface area contributed by atoms with Crippen molar-refractivity contribution in [3.05, 3.63) is 47.7 Å². The van der Waals surface area contributed by atoms with Crippen LogP contribution in [0.5, 0.6) is 0 Å². The predicted octanol–water partition coefficient (Wildman–Crippen LogP) is 2.93. The van der Waals surface area contributed by atoms with E-state index in [1.807, 2.05) is 37.3 Å². The molecule has 4 heteroatoms. The molecule has 0 unspecified atom stereocenters. The molecule has 0 saturated heterocycles. The Bertz CT molecular complexity index is 624. The van der Waals surface area contributed by atoms with Crippen molar-refractivity contribution in [2.75, 3.05) is 5.73 Å². The number of carbonyl (C=O) groups excluding carboxylic acids is 1. The third-order valence-electron chi connectivity index (χ3n) is 4.24. The van der Waals surface area contributed by atoms with Crippen LogP contribution < -0.4 is 5.73 Å². The zero-order chi connectivity index (χ0) is 14.2. The van der Waals surface area contributed by atoms with Gasteiger partial charge in [0.05, 0.1) is 11.1 Å². The molecule has 0 radical (unpaired) electrons. The van der Waals surface area contributed by atoms with E-state index in [9.17, 15) is 4.79 Å². The lowest BCUT2D eigenvalue weighted by atomic mass is 9.78. The SMILES string of the molecule is Cc1cc(N)n(C(=O)C2(c3ccccc3)CCCC2)n1. The lowest BCUT2D eigenvalue weighted by Crippen LogP contribution is -2.38. The molecule has 3 rings (SSSR count). The third kappa shape index (κ3) is 1.92. The van der Waals surface area contributed by atoms with Gasteiger partial charge in [0.25, 0.3) is 5.91 Å². The second-order valence-corrected chi connectivity index (χ2v) is 5.58. The summed E-state index contributed by atoms with van der Waals surface area (Å²) in [6, 6.07) is 11.8. The number of benzene rings is 1. The molecular weight excluding hydrogens is 250 g/mol. The Hall–Kier alpha value is -2.10. The van der Waals surface area contributed by atoms with Crippen LogP contribution >= 0.6 is 0 Å². The highest BCUT2D eigenvalue weighted by Gasteiger charge is 2.44. The highest BCUT2D eigenvalue weighted by atomic mass is 16.2. The molecule has 2 aromatic rings. The quantitative estimate of drug-likeness (QED) is 0.911. The number of hydrogen-bond acceptors (Lipinski definition) is 3. The largest absolute Gasteiger partial charge is 0.383 e. The number of carbonyl (C=O) groups is 1. The summed E-state index contributed by atoms with van der Waals surface area (Å²) in [5, 5.41) is 4.27. The predicted molar refractivity (Wildman–Crippen MR) is 78.6 cm³/mol. The van der Waals surface area contributed by atoms with Gasteiger partial charge in [0, 0.05) is 6.07 Å². The van der Waals surface area contributed by atoms with Crippen molar-refractivity contribution >= 4 is 11.7 Å². The number of aryl methyl sites for hydroxylation is 1. The van der Waals surface area contributed by atoms with E-state index in [1.54, 1.807) is 6.07 Å². The van der Waals surface area contributed by atoms with Gasteiger partial charge >= 0.3 is 0 Å². The molecule has 2 N–H and O–H groups in total. The number of nitrogens with zero attached hydrogens (tertiary/aromatic N) is 2. The average molecular weight is 269 g/mol. The first-order chi connectivity index (χ1) is 9.63. The molecule has 4 nitrogen and oxygen atoms in total. The van der Waals surface area contributed by atoms with E-state index in [1.165, 1.54) is 4.68 Å². The van der Waals surface area contributed by atoms with Crippen molar-refractivity contribution in [2.45, 2.75) is 38.0 Å². The highest BCUT2D eigenvalue weighted by molar-refractivity contribution is 5.92. The molecule has 1 aromatic heterocycles. The Balaban J connectivity index is 2.08. The summed E-state index contributed by atoms with van der Waals surface area (Å²) in [7, 11) is 0. The first kappa shape index (κ1) is 12.9. The van der Waals surface area contributed by atoms with E-state index in [2.05, 4.69) is 5.10 Å². The van der Waals surface area contributed by atoms with Gasteiger partial charge in [-0.2, -0.15) is 9.78 Å². The summed E-state index contributed by atoms with van der Waals surface area (Å²) in [5.74, 6) is 0.432. The van der Waals surface area contributed by atoms with Crippen LogP contribution in [0.25, 0.3) is 0 Å². The van der Waals surface area contributed by atoms with E-state index in [0.717, 1.165) is 36.9 Å². The Morgan fingerprint density at radius 2 is 1.90 bits per heavy atom. The van der Waals surface area contributed by atoms with Crippen LogP contribution in [0, 0.1) is 6.92 Å². The molecule has 1 aromatic carbocycles. The maximum atomic E-state index is 13.0. The topological polar surface area (TPSA) is 60.9 Å². The summed E-state index contributed by atoms with van der Waals surface area (Å²) >= 11 is 0. The molecule has 20 heavy (non-hydrogen) atoms. The summed E-state index contributed by atoms with van der Waals surface area (Å²) in [4.78, 5) is 13.0. The normalized spacial score (nSPS) is 17.2. The standard InChI is InChI=1S/C16H19N3O/c1-12-11-14(17)19(18-12)15(20)16(9-5-6-10-16)13-7-3-2-4-8-13/h2-4,7-8,11H,5-6,9-10,17H2,1H3. The summed E-state index contributed by atoms with van der Waals surface area (Å²) in [6.45, 7) is 1.85. The monoisotopic (exact) mass is 269 g/mol. The maximum absolute atomic E-state index is 13.0. The van der Waals surface area contributed by atoms with Crippen LogP contribution in [0.4, 0.5) is 5.82 Å². The molecule has 0 bridgehead atoms. The summed E-state index contributed by atoms with van der Waals surface area (Å²) in [5.41, 5.74) is 7.32. The molecule has 1 saturated carbocycles. The molecule has 104 valence electrons. The first-order valence-corrected chi connectivity index (χ1v) is 7.06. The van der Waals surface area contributed by atoms with Crippen LogP contribution in [0.3, 0.4) is 0 Å². The highest BCUT2D eigenvalue weighted by Crippen LogP contribution is 2.42. The maximum Gasteiger partial charge on any atom is 0.259 e. The average Bonchev–Trinajstić information content (AvgIpc) is 3.07. The molecule has 1 fully saturated rings. The van der Waals surface area contributed by atoms with E-state index < -0.39 is 5.41 Å². The minimum atomic E-state index is -0.464. The van der Waals surface area contributed by atoms with Crippen LogP contribution in [0.1, 0.15) is 41.7 Å². The van der Waals surface area contributed by atoms with E-state index in [0.29, 0.717) is 5.82 Å². The van der Waals surface area contributed by atoms with Gasteiger partial charge in [-0.15, -0.1) is 0 Å². The zero-order valence-corrected chi connectivity index (χ0v) is 11.7. The molecule has 0 spiro atoms. The van der Waals surface area contributed by atoms with Gasteiger partial charge in [-0.25, -0.2) is 0 Å². The fourth-order valence-corrected chi connectivity index (χ4v) is 3.25. The Labute approximate surface area is 118 Å². The number of rotatable bonds is 2. The minimum Gasteiger partial charge on any atom is -0.383 e. The van der Waals surface area contributed by atoms with Crippen molar-refractivity contribution in [2.24, 2.45) is 0 Å². The number of hydrogen-bond donors (Lipinski definition) is 1. The fraction of sp³-hybridized carbons (Fsp3) is 0.375. The second kappa shape index (κ2) is 4.78. The second-order valence-electron chi connectivity index (χ2n) is 5.58.